The van der Waals surface area contributed by atoms with Crippen LogP contribution in [-0.2, 0) is 10.2 Å². The topological polar surface area (TPSA) is 38.3 Å². The third-order valence-electron chi connectivity index (χ3n) is 2.97. The molecule has 1 unspecified atom stereocenters. The van der Waals surface area contributed by atoms with E-state index in [-0.39, 0.29) is 17.4 Å². The van der Waals surface area contributed by atoms with Crippen molar-refractivity contribution in [3.05, 3.63) is 29.8 Å². The van der Waals surface area contributed by atoms with Crippen LogP contribution in [0.25, 0.3) is 0 Å². The van der Waals surface area contributed by atoms with Crippen LogP contribution in [0.15, 0.2) is 24.3 Å². The number of alkyl halides is 1. The number of benzene rings is 1. The zero-order valence-corrected chi connectivity index (χ0v) is 13.5. The molecule has 0 spiro atoms. The van der Waals surface area contributed by atoms with Crippen LogP contribution in [-0.4, -0.2) is 24.4 Å². The summed E-state index contributed by atoms with van der Waals surface area (Å²) in [4.78, 5) is 11.3. The monoisotopic (exact) mass is 297 g/mol. The van der Waals surface area contributed by atoms with E-state index < -0.39 is 0 Å². The molecular formula is C16H24ClNO2. The summed E-state index contributed by atoms with van der Waals surface area (Å²) >= 11 is 5.50. The van der Waals surface area contributed by atoms with Crippen molar-refractivity contribution in [2.45, 2.75) is 45.6 Å². The highest BCUT2D eigenvalue weighted by Crippen LogP contribution is 2.24. The molecule has 0 aliphatic carbocycles. The number of nitrogens with one attached hydrogen (secondary N) is 1. The number of hydrogen-bond donors (Lipinski definition) is 1. The van der Waals surface area contributed by atoms with Gasteiger partial charge in [-0.25, -0.2) is 0 Å². The number of rotatable bonds is 6. The largest absolute Gasteiger partial charge is 0.489 e. The maximum Gasteiger partial charge on any atom is 0.221 e. The molecule has 0 fully saturated rings. The van der Waals surface area contributed by atoms with Gasteiger partial charge in [0.1, 0.15) is 11.9 Å². The molecule has 0 aliphatic heterocycles. The lowest BCUT2D eigenvalue weighted by molar-refractivity contribution is -0.121. The molecule has 0 aliphatic rings. The zero-order chi connectivity index (χ0) is 15.2. The van der Waals surface area contributed by atoms with E-state index in [0.29, 0.717) is 18.8 Å². The van der Waals surface area contributed by atoms with E-state index in [9.17, 15) is 4.79 Å². The first-order valence-corrected chi connectivity index (χ1v) is 7.46. The Labute approximate surface area is 126 Å². The van der Waals surface area contributed by atoms with E-state index in [1.165, 1.54) is 5.56 Å². The Morgan fingerprint density at radius 2 is 1.90 bits per heavy atom. The van der Waals surface area contributed by atoms with Crippen LogP contribution < -0.4 is 10.1 Å². The molecular weight excluding hydrogens is 274 g/mol. The number of hydrogen-bond acceptors (Lipinski definition) is 2. The van der Waals surface area contributed by atoms with Crippen molar-refractivity contribution >= 4 is 17.5 Å². The number of ether oxygens (including phenoxy) is 1. The number of carbonyl (C=O) groups excluding carboxylic acids is 1. The highest BCUT2D eigenvalue weighted by Gasteiger charge is 2.13. The van der Waals surface area contributed by atoms with Gasteiger partial charge >= 0.3 is 0 Å². The van der Waals surface area contributed by atoms with Gasteiger partial charge in [-0.2, -0.15) is 0 Å². The van der Waals surface area contributed by atoms with Gasteiger partial charge in [-0.15, -0.1) is 11.6 Å². The lowest BCUT2D eigenvalue weighted by Gasteiger charge is -2.20. The van der Waals surface area contributed by atoms with Gasteiger partial charge in [0.25, 0.3) is 0 Å². The van der Waals surface area contributed by atoms with Crippen molar-refractivity contribution < 1.29 is 9.53 Å². The van der Waals surface area contributed by atoms with Crippen LogP contribution in [0.5, 0.6) is 5.75 Å². The molecule has 0 aromatic heterocycles. The summed E-state index contributed by atoms with van der Waals surface area (Å²) in [5, 5.41) is 2.79. The Hall–Kier alpha value is -1.22. The molecule has 0 radical (unpaired) electrons. The van der Waals surface area contributed by atoms with Crippen LogP contribution in [0.3, 0.4) is 0 Å². The van der Waals surface area contributed by atoms with E-state index in [0.717, 1.165) is 5.75 Å². The molecule has 4 heteroatoms. The highest BCUT2D eigenvalue weighted by molar-refractivity contribution is 6.18. The van der Waals surface area contributed by atoms with Crippen molar-refractivity contribution in [1.82, 2.24) is 5.32 Å². The molecule has 3 nitrogen and oxygen atoms in total. The van der Waals surface area contributed by atoms with Crippen LogP contribution in [0, 0.1) is 0 Å². The van der Waals surface area contributed by atoms with Crippen LogP contribution in [0.2, 0.25) is 0 Å². The lowest BCUT2D eigenvalue weighted by Crippen LogP contribution is -2.33. The molecule has 1 atom stereocenters. The maximum absolute atomic E-state index is 11.3. The summed E-state index contributed by atoms with van der Waals surface area (Å²) < 4.78 is 5.76. The second-order valence-electron chi connectivity index (χ2n) is 5.95. The minimum absolute atomic E-state index is 0.0430. The molecule has 0 bridgehead atoms. The van der Waals surface area contributed by atoms with Crippen LogP contribution >= 0.6 is 11.6 Å². The second kappa shape index (κ2) is 7.53. The Balaban J connectivity index is 2.46. The summed E-state index contributed by atoms with van der Waals surface area (Å²) in [6.45, 7) is 8.95. The van der Waals surface area contributed by atoms with Gasteiger partial charge in [0.05, 0.1) is 6.54 Å². The second-order valence-corrected chi connectivity index (χ2v) is 6.32. The summed E-state index contributed by atoms with van der Waals surface area (Å²) in [5.74, 6) is 1.12. The van der Waals surface area contributed by atoms with E-state index in [4.69, 9.17) is 16.3 Å². The van der Waals surface area contributed by atoms with Gasteiger partial charge in [0.2, 0.25) is 5.91 Å². The predicted molar refractivity (Wildman–Crippen MR) is 83.6 cm³/mol. The van der Waals surface area contributed by atoms with Gasteiger partial charge in [-0.1, -0.05) is 32.9 Å². The Bertz CT molecular complexity index is 423. The van der Waals surface area contributed by atoms with Crippen LogP contribution in [0.1, 0.15) is 39.7 Å². The fraction of sp³-hybridized carbons (Fsp3) is 0.562. The minimum Gasteiger partial charge on any atom is -0.489 e. The van der Waals surface area contributed by atoms with E-state index in [1.54, 1.807) is 0 Å². The Kier molecular flexibility index (Phi) is 6.34. The van der Waals surface area contributed by atoms with Crippen molar-refractivity contribution in [1.29, 1.82) is 0 Å². The number of carbonyl (C=O) groups is 1. The SMILES string of the molecule is CC(CNC(=O)CCCl)Oc1ccc(C(C)(C)C)cc1. The first-order valence-electron chi connectivity index (χ1n) is 6.93. The smallest absolute Gasteiger partial charge is 0.221 e. The number of amides is 1. The molecule has 20 heavy (non-hydrogen) atoms. The first kappa shape index (κ1) is 16.8. The molecule has 1 N–H and O–H groups in total. The first-order chi connectivity index (χ1) is 9.32. The molecule has 0 saturated carbocycles. The number of halogens is 1. The van der Waals surface area contributed by atoms with Crippen molar-refractivity contribution in [3.63, 3.8) is 0 Å². The highest BCUT2D eigenvalue weighted by atomic mass is 35.5. The average molecular weight is 298 g/mol. The van der Waals surface area contributed by atoms with E-state index >= 15 is 0 Å². The lowest BCUT2D eigenvalue weighted by atomic mass is 9.87. The van der Waals surface area contributed by atoms with Crippen LogP contribution in [0.4, 0.5) is 0 Å². The molecule has 0 saturated heterocycles. The fourth-order valence-electron chi connectivity index (χ4n) is 1.74. The Morgan fingerprint density at radius 3 is 2.40 bits per heavy atom. The van der Waals surface area contributed by atoms with Gasteiger partial charge in [0, 0.05) is 12.3 Å². The fourth-order valence-corrected chi connectivity index (χ4v) is 1.91. The molecule has 1 amide bonds. The standard InChI is InChI=1S/C16H24ClNO2/c1-12(11-18-15(19)9-10-17)20-14-7-5-13(6-8-14)16(2,3)4/h5-8,12H,9-11H2,1-4H3,(H,18,19). The molecule has 1 aromatic rings. The van der Waals surface area contributed by atoms with Crippen molar-refractivity contribution in [2.75, 3.05) is 12.4 Å². The predicted octanol–water partition coefficient (Wildman–Crippen LogP) is 3.50. The summed E-state index contributed by atoms with van der Waals surface area (Å²) in [5.41, 5.74) is 1.41. The van der Waals surface area contributed by atoms with Gasteiger partial charge < -0.3 is 10.1 Å². The molecule has 1 rings (SSSR count). The summed E-state index contributed by atoms with van der Waals surface area (Å²) in [6, 6.07) is 8.09. The molecule has 0 heterocycles. The Morgan fingerprint density at radius 1 is 1.30 bits per heavy atom. The van der Waals surface area contributed by atoms with Gasteiger partial charge in [-0.05, 0) is 30.0 Å². The van der Waals surface area contributed by atoms with Crippen molar-refractivity contribution in [2.24, 2.45) is 0 Å². The maximum atomic E-state index is 11.3. The average Bonchev–Trinajstić information content (AvgIpc) is 2.36. The van der Waals surface area contributed by atoms with E-state index in [2.05, 4.69) is 38.2 Å². The van der Waals surface area contributed by atoms with Gasteiger partial charge in [0.15, 0.2) is 0 Å². The van der Waals surface area contributed by atoms with Gasteiger partial charge in [-0.3, -0.25) is 4.79 Å². The third kappa shape index (κ3) is 5.83. The molecule has 112 valence electrons. The molecule has 1 aromatic carbocycles. The third-order valence-corrected chi connectivity index (χ3v) is 3.15. The normalized spacial score (nSPS) is 12.8. The van der Waals surface area contributed by atoms with Crippen molar-refractivity contribution in [3.8, 4) is 5.75 Å². The quantitative estimate of drug-likeness (QED) is 0.816. The zero-order valence-electron chi connectivity index (χ0n) is 12.7. The summed E-state index contributed by atoms with van der Waals surface area (Å²) in [6.07, 6.45) is 0.268. The summed E-state index contributed by atoms with van der Waals surface area (Å²) in [7, 11) is 0. The minimum atomic E-state index is -0.0743. The van der Waals surface area contributed by atoms with E-state index in [1.807, 2.05) is 19.1 Å².